The molecule has 0 spiro atoms. The van der Waals surface area contributed by atoms with E-state index in [0.29, 0.717) is 10.7 Å². The molecular weight excluding hydrogens is 314 g/mol. The molecule has 3 N–H and O–H groups in total. The standard InChI is InChI=1S/C9H10ClIN2O/c1-5(12)9(14)13-8-3-2-6(11)4-7(8)10/h2-5H,12H2,1H3,(H,13,14)/t5-/m0/s1. The van der Waals surface area contributed by atoms with E-state index in [4.69, 9.17) is 17.3 Å². The van der Waals surface area contributed by atoms with E-state index in [9.17, 15) is 4.79 Å². The third-order valence-corrected chi connectivity index (χ3v) is 2.59. The van der Waals surface area contributed by atoms with Crippen molar-refractivity contribution in [2.45, 2.75) is 13.0 Å². The van der Waals surface area contributed by atoms with Crippen molar-refractivity contribution in [3.05, 3.63) is 26.8 Å². The van der Waals surface area contributed by atoms with E-state index in [1.54, 1.807) is 19.1 Å². The summed E-state index contributed by atoms with van der Waals surface area (Å²) in [5, 5.41) is 3.16. The molecule has 0 aliphatic heterocycles. The van der Waals surface area contributed by atoms with Crippen molar-refractivity contribution in [2.24, 2.45) is 5.73 Å². The van der Waals surface area contributed by atoms with Gasteiger partial charge in [0, 0.05) is 3.57 Å². The molecule has 1 amide bonds. The maximum absolute atomic E-state index is 11.3. The van der Waals surface area contributed by atoms with E-state index in [2.05, 4.69) is 27.9 Å². The Morgan fingerprint density at radius 3 is 2.79 bits per heavy atom. The second-order valence-electron chi connectivity index (χ2n) is 2.90. The van der Waals surface area contributed by atoms with Crippen molar-refractivity contribution in [3.8, 4) is 0 Å². The molecule has 3 nitrogen and oxygen atoms in total. The van der Waals surface area contributed by atoms with Crippen molar-refractivity contribution in [2.75, 3.05) is 5.32 Å². The molecule has 14 heavy (non-hydrogen) atoms. The molecule has 1 aromatic rings. The number of nitrogens with two attached hydrogens (primary N) is 1. The third kappa shape index (κ3) is 3.11. The molecular formula is C9H10ClIN2O. The Balaban J connectivity index is 2.82. The highest BCUT2D eigenvalue weighted by Crippen LogP contribution is 2.23. The minimum absolute atomic E-state index is 0.242. The van der Waals surface area contributed by atoms with Crippen LogP contribution in [0.15, 0.2) is 18.2 Å². The molecule has 0 aliphatic rings. The van der Waals surface area contributed by atoms with Gasteiger partial charge in [-0.2, -0.15) is 0 Å². The number of amides is 1. The van der Waals surface area contributed by atoms with Gasteiger partial charge in [-0.05, 0) is 47.7 Å². The minimum atomic E-state index is -0.537. The smallest absolute Gasteiger partial charge is 0.241 e. The van der Waals surface area contributed by atoms with Gasteiger partial charge < -0.3 is 11.1 Å². The molecule has 5 heteroatoms. The van der Waals surface area contributed by atoms with E-state index in [1.165, 1.54) is 0 Å². The summed E-state index contributed by atoms with van der Waals surface area (Å²) < 4.78 is 1.02. The zero-order valence-electron chi connectivity index (χ0n) is 7.55. The molecule has 1 aromatic carbocycles. The zero-order valence-corrected chi connectivity index (χ0v) is 10.5. The predicted molar refractivity (Wildman–Crippen MR) is 66.4 cm³/mol. The number of rotatable bonds is 2. The average Bonchev–Trinajstić information content (AvgIpc) is 2.09. The summed E-state index contributed by atoms with van der Waals surface area (Å²) in [5.74, 6) is -0.242. The first-order valence-corrected chi connectivity index (χ1v) is 5.48. The average molecular weight is 325 g/mol. The number of hydrogen-bond donors (Lipinski definition) is 2. The van der Waals surface area contributed by atoms with E-state index >= 15 is 0 Å². The number of anilines is 1. The van der Waals surface area contributed by atoms with Gasteiger partial charge >= 0.3 is 0 Å². The van der Waals surface area contributed by atoms with Crippen molar-refractivity contribution in [1.82, 2.24) is 0 Å². The number of nitrogens with one attached hydrogen (secondary N) is 1. The molecule has 0 heterocycles. The van der Waals surface area contributed by atoms with Crippen LogP contribution in [0.4, 0.5) is 5.69 Å². The van der Waals surface area contributed by atoms with Crippen LogP contribution in [0.3, 0.4) is 0 Å². The summed E-state index contributed by atoms with van der Waals surface area (Å²) in [7, 11) is 0. The zero-order chi connectivity index (χ0) is 10.7. The highest BCUT2D eigenvalue weighted by atomic mass is 127. The molecule has 0 saturated heterocycles. The maximum atomic E-state index is 11.3. The van der Waals surface area contributed by atoms with Crippen LogP contribution in [-0.4, -0.2) is 11.9 Å². The lowest BCUT2D eigenvalue weighted by molar-refractivity contribution is -0.117. The summed E-state index contributed by atoms with van der Waals surface area (Å²) in [6, 6.07) is 4.86. The van der Waals surface area contributed by atoms with Crippen molar-refractivity contribution >= 4 is 45.8 Å². The number of carbonyl (C=O) groups is 1. The van der Waals surface area contributed by atoms with Gasteiger partial charge in [-0.1, -0.05) is 11.6 Å². The topological polar surface area (TPSA) is 55.1 Å². The van der Waals surface area contributed by atoms with Gasteiger partial charge in [-0.25, -0.2) is 0 Å². The molecule has 1 rings (SSSR count). The Labute approximate surface area is 101 Å². The second kappa shape index (κ2) is 4.95. The van der Waals surface area contributed by atoms with Crippen LogP contribution in [0.5, 0.6) is 0 Å². The molecule has 0 radical (unpaired) electrons. The number of benzene rings is 1. The molecule has 76 valence electrons. The van der Waals surface area contributed by atoms with Crippen LogP contribution in [0.25, 0.3) is 0 Å². The van der Waals surface area contributed by atoms with Crippen LogP contribution >= 0.6 is 34.2 Å². The first-order chi connectivity index (χ1) is 6.50. The SMILES string of the molecule is C[C@H](N)C(=O)Nc1ccc(I)cc1Cl. The molecule has 0 fully saturated rings. The van der Waals surface area contributed by atoms with Gasteiger partial charge in [0.05, 0.1) is 16.8 Å². The predicted octanol–water partition coefficient (Wildman–Crippen LogP) is 2.23. The summed E-state index contributed by atoms with van der Waals surface area (Å²) in [6.45, 7) is 1.62. The quantitative estimate of drug-likeness (QED) is 0.820. The molecule has 0 saturated carbocycles. The fraction of sp³-hybridized carbons (Fsp3) is 0.222. The van der Waals surface area contributed by atoms with Gasteiger partial charge in [-0.3, -0.25) is 4.79 Å². The number of carbonyl (C=O) groups excluding carboxylic acids is 1. The van der Waals surface area contributed by atoms with Crippen molar-refractivity contribution in [3.63, 3.8) is 0 Å². The van der Waals surface area contributed by atoms with Crippen LogP contribution in [0.2, 0.25) is 5.02 Å². The minimum Gasteiger partial charge on any atom is -0.323 e. The Morgan fingerprint density at radius 2 is 2.29 bits per heavy atom. The maximum Gasteiger partial charge on any atom is 0.241 e. The summed E-state index contributed by atoms with van der Waals surface area (Å²) in [4.78, 5) is 11.3. The monoisotopic (exact) mass is 324 g/mol. The number of hydrogen-bond acceptors (Lipinski definition) is 2. The Morgan fingerprint density at radius 1 is 1.64 bits per heavy atom. The van der Waals surface area contributed by atoms with Crippen molar-refractivity contribution < 1.29 is 4.79 Å². The highest BCUT2D eigenvalue weighted by molar-refractivity contribution is 14.1. The Kier molecular flexibility index (Phi) is 4.15. The van der Waals surface area contributed by atoms with E-state index in [0.717, 1.165) is 3.57 Å². The van der Waals surface area contributed by atoms with Crippen LogP contribution in [-0.2, 0) is 4.79 Å². The van der Waals surface area contributed by atoms with Crippen molar-refractivity contribution in [1.29, 1.82) is 0 Å². The second-order valence-corrected chi connectivity index (χ2v) is 4.55. The van der Waals surface area contributed by atoms with E-state index in [1.807, 2.05) is 6.07 Å². The fourth-order valence-electron chi connectivity index (χ4n) is 0.837. The summed E-state index contributed by atoms with van der Waals surface area (Å²) >= 11 is 8.07. The van der Waals surface area contributed by atoms with Gasteiger partial charge in [0.15, 0.2) is 0 Å². The molecule has 0 unspecified atom stereocenters. The first kappa shape index (κ1) is 11.7. The van der Waals surface area contributed by atoms with Gasteiger partial charge in [0.25, 0.3) is 0 Å². The van der Waals surface area contributed by atoms with Gasteiger partial charge in [0.2, 0.25) is 5.91 Å². The largest absolute Gasteiger partial charge is 0.323 e. The lowest BCUT2D eigenvalue weighted by atomic mass is 10.3. The van der Waals surface area contributed by atoms with Crippen LogP contribution < -0.4 is 11.1 Å². The normalized spacial score (nSPS) is 12.3. The molecule has 0 aromatic heterocycles. The van der Waals surface area contributed by atoms with E-state index < -0.39 is 6.04 Å². The first-order valence-electron chi connectivity index (χ1n) is 4.02. The fourth-order valence-corrected chi connectivity index (χ4v) is 1.74. The molecule has 0 aliphatic carbocycles. The van der Waals surface area contributed by atoms with Crippen LogP contribution in [0.1, 0.15) is 6.92 Å². The van der Waals surface area contributed by atoms with Gasteiger partial charge in [0.1, 0.15) is 0 Å². The Bertz CT molecular complexity index is 355. The summed E-state index contributed by atoms with van der Waals surface area (Å²) in [6.07, 6.45) is 0. The third-order valence-electron chi connectivity index (χ3n) is 1.60. The summed E-state index contributed by atoms with van der Waals surface area (Å²) in [5.41, 5.74) is 6.00. The highest BCUT2D eigenvalue weighted by Gasteiger charge is 2.09. The van der Waals surface area contributed by atoms with Crippen LogP contribution in [0, 0.1) is 3.57 Å². The van der Waals surface area contributed by atoms with Gasteiger partial charge in [-0.15, -0.1) is 0 Å². The Hall–Kier alpha value is -0.330. The van der Waals surface area contributed by atoms with E-state index in [-0.39, 0.29) is 5.91 Å². The number of halogens is 2. The lowest BCUT2D eigenvalue weighted by Crippen LogP contribution is -2.32. The molecule has 0 bridgehead atoms. The lowest BCUT2D eigenvalue weighted by Gasteiger charge is -2.09. The molecule has 1 atom stereocenters.